The summed E-state index contributed by atoms with van der Waals surface area (Å²) in [5, 5.41) is 3.50. The number of hydrogen-bond acceptors (Lipinski definition) is 6. The van der Waals surface area contributed by atoms with Crippen molar-refractivity contribution in [2.45, 2.75) is 6.04 Å². The van der Waals surface area contributed by atoms with Gasteiger partial charge >= 0.3 is 5.97 Å². The van der Waals surface area contributed by atoms with Crippen molar-refractivity contribution in [3.8, 4) is 17.2 Å². The van der Waals surface area contributed by atoms with E-state index in [0.29, 0.717) is 22.3 Å². The van der Waals surface area contributed by atoms with E-state index in [-0.39, 0.29) is 5.56 Å². The molecule has 0 spiro atoms. The summed E-state index contributed by atoms with van der Waals surface area (Å²) in [7, 11) is 4.35. The van der Waals surface area contributed by atoms with Crippen LogP contribution in [0, 0.1) is 0 Å². The Morgan fingerprint density at radius 3 is 1.97 bits per heavy atom. The lowest BCUT2D eigenvalue weighted by molar-refractivity contribution is -0.124. The molecule has 0 saturated heterocycles. The van der Waals surface area contributed by atoms with E-state index in [9.17, 15) is 9.59 Å². The first-order valence-electron chi connectivity index (χ1n) is 10.0. The van der Waals surface area contributed by atoms with Crippen molar-refractivity contribution in [1.82, 2.24) is 5.32 Å². The van der Waals surface area contributed by atoms with Crippen LogP contribution < -0.4 is 19.5 Å². The minimum absolute atomic E-state index is 0.162. The first-order chi connectivity index (χ1) is 16.0. The van der Waals surface area contributed by atoms with Gasteiger partial charge in [-0.25, -0.2) is 4.79 Å². The molecule has 3 rings (SSSR count). The molecule has 172 valence electrons. The maximum absolute atomic E-state index is 12.7. The van der Waals surface area contributed by atoms with E-state index in [0.717, 1.165) is 11.1 Å². The fourth-order valence-electron chi connectivity index (χ4n) is 3.28. The van der Waals surface area contributed by atoms with Crippen molar-refractivity contribution in [2.75, 3.05) is 27.9 Å². The quantitative estimate of drug-likeness (QED) is 0.467. The van der Waals surface area contributed by atoms with Crippen molar-refractivity contribution < 1.29 is 28.5 Å². The highest BCUT2D eigenvalue weighted by Gasteiger charge is 2.21. The second-order valence-corrected chi connectivity index (χ2v) is 7.39. The van der Waals surface area contributed by atoms with Gasteiger partial charge in [0.15, 0.2) is 18.1 Å². The zero-order valence-electron chi connectivity index (χ0n) is 18.5. The number of hydrogen-bond donors (Lipinski definition) is 1. The molecule has 0 fully saturated rings. The number of benzene rings is 3. The van der Waals surface area contributed by atoms with Crippen molar-refractivity contribution in [1.29, 1.82) is 0 Å². The number of ether oxygens (including phenoxy) is 4. The number of halogens is 1. The van der Waals surface area contributed by atoms with Gasteiger partial charge in [0.2, 0.25) is 5.75 Å². The molecule has 1 atom stereocenters. The van der Waals surface area contributed by atoms with Crippen LogP contribution in [-0.2, 0) is 9.53 Å². The van der Waals surface area contributed by atoms with E-state index in [1.807, 2.05) is 42.5 Å². The minimum atomic E-state index is -0.702. The van der Waals surface area contributed by atoms with Crippen LogP contribution in [0.4, 0.5) is 0 Å². The number of carbonyl (C=O) groups excluding carboxylic acids is 2. The summed E-state index contributed by atoms with van der Waals surface area (Å²) in [4.78, 5) is 25.2. The predicted molar refractivity (Wildman–Crippen MR) is 124 cm³/mol. The standard InChI is InChI=1S/C25H24ClNO6/c1-30-20-13-18(14-21(31-2)24(20)32-3)25(29)33-15-22(28)27-23(16-7-5-4-6-8-16)17-9-11-19(26)12-10-17/h4-14,23H,15H2,1-3H3,(H,27,28). The summed E-state index contributed by atoms with van der Waals surface area (Å²) in [5.41, 5.74) is 1.88. The third-order valence-electron chi connectivity index (χ3n) is 4.88. The van der Waals surface area contributed by atoms with Gasteiger partial charge in [-0.15, -0.1) is 0 Å². The Hall–Kier alpha value is -3.71. The van der Waals surface area contributed by atoms with Crippen LogP contribution in [0.25, 0.3) is 0 Å². The summed E-state index contributed by atoms with van der Waals surface area (Å²) in [5.74, 6) is -0.199. The molecule has 33 heavy (non-hydrogen) atoms. The van der Waals surface area contributed by atoms with E-state index in [1.165, 1.54) is 33.5 Å². The molecule has 0 aliphatic rings. The Morgan fingerprint density at radius 2 is 1.42 bits per heavy atom. The monoisotopic (exact) mass is 469 g/mol. The first-order valence-corrected chi connectivity index (χ1v) is 10.4. The molecule has 0 saturated carbocycles. The number of amides is 1. The molecule has 3 aromatic carbocycles. The number of nitrogens with one attached hydrogen (secondary N) is 1. The normalized spacial score (nSPS) is 11.3. The summed E-state index contributed by atoms with van der Waals surface area (Å²) < 4.78 is 21.0. The van der Waals surface area contributed by atoms with Gasteiger partial charge < -0.3 is 24.3 Å². The molecule has 0 aliphatic carbocycles. The maximum Gasteiger partial charge on any atom is 0.338 e. The number of esters is 1. The van der Waals surface area contributed by atoms with Gasteiger partial charge in [0.25, 0.3) is 5.91 Å². The summed E-state index contributed by atoms with van der Waals surface area (Å²) >= 11 is 6.00. The largest absolute Gasteiger partial charge is 0.493 e. The summed E-state index contributed by atoms with van der Waals surface area (Å²) in [6, 6.07) is 19.1. The smallest absolute Gasteiger partial charge is 0.338 e. The lowest BCUT2D eigenvalue weighted by Crippen LogP contribution is -2.33. The topological polar surface area (TPSA) is 83.1 Å². The third-order valence-corrected chi connectivity index (χ3v) is 5.13. The Morgan fingerprint density at radius 1 is 0.848 bits per heavy atom. The van der Waals surface area contributed by atoms with Gasteiger partial charge in [0, 0.05) is 5.02 Å². The SMILES string of the molecule is COc1cc(C(=O)OCC(=O)NC(c2ccccc2)c2ccc(Cl)cc2)cc(OC)c1OC. The van der Waals surface area contributed by atoms with Crippen LogP contribution >= 0.6 is 11.6 Å². The molecule has 1 N–H and O–H groups in total. The van der Waals surface area contributed by atoms with Crippen molar-refractivity contribution in [3.63, 3.8) is 0 Å². The van der Waals surface area contributed by atoms with Crippen molar-refractivity contribution >= 4 is 23.5 Å². The summed E-state index contributed by atoms with van der Waals surface area (Å²) in [6.45, 7) is -0.466. The number of carbonyl (C=O) groups is 2. The Kier molecular flexibility index (Phi) is 8.16. The maximum atomic E-state index is 12.7. The van der Waals surface area contributed by atoms with Gasteiger partial charge in [0.05, 0.1) is 32.9 Å². The zero-order chi connectivity index (χ0) is 23.8. The van der Waals surface area contributed by atoms with Crippen LogP contribution in [-0.4, -0.2) is 39.8 Å². The zero-order valence-corrected chi connectivity index (χ0v) is 19.2. The van der Waals surface area contributed by atoms with Crippen LogP contribution in [0.5, 0.6) is 17.2 Å². The Balaban J connectivity index is 1.72. The number of rotatable bonds is 9. The number of methoxy groups -OCH3 is 3. The highest BCUT2D eigenvalue weighted by molar-refractivity contribution is 6.30. The highest BCUT2D eigenvalue weighted by Crippen LogP contribution is 2.38. The Labute approximate surface area is 197 Å². The van der Waals surface area contributed by atoms with E-state index >= 15 is 0 Å². The van der Waals surface area contributed by atoms with Crippen LogP contribution in [0.1, 0.15) is 27.5 Å². The molecule has 0 bridgehead atoms. The average molecular weight is 470 g/mol. The van der Waals surface area contributed by atoms with E-state index < -0.39 is 24.5 Å². The second kappa shape index (κ2) is 11.2. The first kappa shape index (κ1) is 23.9. The minimum Gasteiger partial charge on any atom is -0.493 e. The van der Waals surface area contributed by atoms with Crippen molar-refractivity contribution in [2.24, 2.45) is 0 Å². The molecule has 0 heterocycles. The van der Waals surface area contributed by atoms with Gasteiger partial charge in [0.1, 0.15) is 0 Å². The van der Waals surface area contributed by atoms with Gasteiger partial charge in [-0.1, -0.05) is 54.1 Å². The predicted octanol–water partition coefficient (Wildman–Crippen LogP) is 4.43. The van der Waals surface area contributed by atoms with Crippen LogP contribution in [0.2, 0.25) is 5.02 Å². The molecule has 8 heteroatoms. The molecule has 7 nitrogen and oxygen atoms in total. The second-order valence-electron chi connectivity index (χ2n) is 6.95. The van der Waals surface area contributed by atoms with Gasteiger partial charge in [-0.3, -0.25) is 4.79 Å². The van der Waals surface area contributed by atoms with Crippen molar-refractivity contribution in [3.05, 3.63) is 88.4 Å². The lowest BCUT2D eigenvalue weighted by atomic mass is 9.99. The van der Waals surface area contributed by atoms with Crippen LogP contribution in [0.3, 0.4) is 0 Å². The van der Waals surface area contributed by atoms with E-state index in [4.69, 9.17) is 30.5 Å². The molecule has 0 aliphatic heterocycles. The summed E-state index contributed by atoms with van der Waals surface area (Å²) in [6.07, 6.45) is 0. The fourth-order valence-corrected chi connectivity index (χ4v) is 3.40. The molecular formula is C25H24ClNO6. The highest BCUT2D eigenvalue weighted by atomic mass is 35.5. The molecule has 1 unspecified atom stereocenters. The van der Waals surface area contributed by atoms with Crippen LogP contribution in [0.15, 0.2) is 66.7 Å². The van der Waals surface area contributed by atoms with E-state index in [1.54, 1.807) is 12.1 Å². The molecule has 1 amide bonds. The third kappa shape index (κ3) is 5.96. The fraction of sp³-hybridized carbons (Fsp3) is 0.200. The Bertz CT molecular complexity index is 1080. The molecule has 0 aromatic heterocycles. The van der Waals surface area contributed by atoms with Gasteiger partial charge in [-0.05, 0) is 35.4 Å². The lowest BCUT2D eigenvalue weighted by Gasteiger charge is -2.20. The molecular weight excluding hydrogens is 446 g/mol. The van der Waals surface area contributed by atoms with E-state index in [2.05, 4.69) is 5.32 Å². The molecule has 3 aromatic rings. The average Bonchev–Trinajstić information content (AvgIpc) is 2.85. The molecule has 0 radical (unpaired) electrons. The van der Waals surface area contributed by atoms with Gasteiger partial charge in [-0.2, -0.15) is 0 Å².